The van der Waals surface area contributed by atoms with Gasteiger partial charge in [0.05, 0.1) is 13.2 Å². The van der Waals surface area contributed by atoms with Crippen molar-refractivity contribution in [3.8, 4) is 5.88 Å². The van der Waals surface area contributed by atoms with E-state index in [0.29, 0.717) is 24.7 Å². The lowest BCUT2D eigenvalue weighted by atomic mass is 10.2. The van der Waals surface area contributed by atoms with E-state index in [0.717, 1.165) is 6.42 Å². The number of aromatic nitrogens is 2. The van der Waals surface area contributed by atoms with Gasteiger partial charge >= 0.3 is 0 Å². The summed E-state index contributed by atoms with van der Waals surface area (Å²) in [4.78, 5) is 7.87. The number of aliphatic hydroxyl groups excluding tert-OH is 1. The van der Waals surface area contributed by atoms with Gasteiger partial charge in [-0.15, -0.1) is 0 Å². The zero-order chi connectivity index (χ0) is 12.0. The summed E-state index contributed by atoms with van der Waals surface area (Å²) in [5.74, 6) is 1.19. The normalized spacial score (nSPS) is 12.2. The number of aliphatic hydroxyl groups is 1. The fourth-order valence-corrected chi connectivity index (χ4v) is 1.21. The highest BCUT2D eigenvalue weighted by Crippen LogP contribution is 2.13. The van der Waals surface area contributed by atoms with Crippen LogP contribution in [-0.2, 0) is 0 Å². The molecule has 0 amide bonds. The molecule has 0 aromatic carbocycles. The summed E-state index contributed by atoms with van der Waals surface area (Å²) in [7, 11) is 1.52. The molecule has 0 aliphatic rings. The Labute approximate surface area is 94.9 Å². The maximum Gasteiger partial charge on any atom is 0.225 e. The van der Waals surface area contributed by atoms with Crippen LogP contribution in [0.3, 0.4) is 0 Å². The number of anilines is 2. The molecule has 0 bridgehead atoms. The Bertz CT molecular complexity index is 333. The molecule has 0 saturated carbocycles. The van der Waals surface area contributed by atoms with Gasteiger partial charge in [-0.2, -0.15) is 9.97 Å². The van der Waals surface area contributed by atoms with Gasteiger partial charge in [0.2, 0.25) is 11.8 Å². The molecule has 1 heterocycles. The Hall–Kier alpha value is -1.56. The van der Waals surface area contributed by atoms with Crippen LogP contribution < -0.4 is 15.8 Å². The SMILES string of the molecule is CCC(O)CCNc1cc(OC)nc(N)n1. The van der Waals surface area contributed by atoms with E-state index in [1.54, 1.807) is 6.07 Å². The molecule has 0 radical (unpaired) electrons. The molecule has 6 nitrogen and oxygen atoms in total. The van der Waals surface area contributed by atoms with Crippen molar-refractivity contribution in [2.45, 2.75) is 25.9 Å². The molecule has 0 fully saturated rings. The van der Waals surface area contributed by atoms with Crippen molar-refractivity contribution in [2.75, 3.05) is 24.7 Å². The highest BCUT2D eigenvalue weighted by Gasteiger charge is 2.03. The lowest BCUT2D eigenvalue weighted by Crippen LogP contribution is -2.13. The molecule has 0 spiro atoms. The summed E-state index contributed by atoms with van der Waals surface area (Å²) < 4.78 is 4.96. The van der Waals surface area contributed by atoms with E-state index in [2.05, 4.69) is 15.3 Å². The van der Waals surface area contributed by atoms with E-state index in [9.17, 15) is 5.11 Å². The standard InChI is InChI=1S/C10H18N4O2/c1-3-7(15)4-5-12-8-6-9(16-2)14-10(11)13-8/h6-7,15H,3-5H2,1-2H3,(H3,11,12,13,14). The monoisotopic (exact) mass is 226 g/mol. The summed E-state index contributed by atoms with van der Waals surface area (Å²) >= 11 is 0. The quantitative estimate of drug-likeness (QED) is 0.659. The molecule has 1 rings (SSSR count). The number of nitrogens with two attached hydrogens (primary N) is 1. The number of nitrogens with zero attached hydrogens (tertiary/aromatic N) is 2. The molecule has 1 aromatic heterocycles. The number of hydrogen-bond donors (Lipinski definition) is 3. The van der Waals surface area contributed by atoms with Gasteiger partial charge in [-0.05, 0) is 12.8 Å². The minimum atomic E-state index is -0.284. The maximum absolute atomic E-state index is 9.37. The van der Waals surface area contributed by atoms with Crippen LogP contribution in [0.25, 0.3) is 0 Å². The minimum Gasteiger partial charge on any atom is -0.481 e. The van der Waals surface area contributed by atoms with Crippen molar-refractivity contribution in [1.82, 2.24) is 9.97 Å². The lowest BCUT2D eigenvalue weighted by Gasteiger charge is -2.10. The van der Waals surface area contributed by atoms with Crippen LogP contribution >= 0.6 is 0 Å². The zero-order valence-electron chi connectivity index (χ0n) is 9.60. The Balaban J connectivity index is 2.50. The number of rotatable bonds is 6. The van der Waals surface area contributed by atoms with E-state index in [4.69, 9.17) is 10.5 Å². The van der Waals surface area contributed by atoms with Crippen LogP contribution in [-0.4, -0.2) is 34.8 Å². The average molecular weight is 226 g/mol. The van der Waals surface area contributed by atoms with Gasteiger partial charge in [0.1, 0.15) is 5.82 Å². The molecule has 0 aliphatic carbocycles. The van der Waals surface area contributed by atoms with Crippen LogP contribution in [0, 0.1) is 0 Å². The van der Waals surface area contributed by atoms with Crippen LogP contribution in [0.2, 0.25) is 0 Å². The molecule has 6 heteroatoms. The zero-order valence-corrected chi connectivity index (χ0v) is 9.60. The van der Waals surface area contributed by atoms with Gasteiger partial charge in [-0.3, -0.25) is 0 Å². The third-order valence-electron chi connectivity index (χ3n) is 2.18. The highest BCUT2D eigenvalue weighted by atomic mass is 16.5. The molecule has 16 heavy (non-hydrogen) atoms. The molecule has 1 aromatic rings. The first kappa shape index (κ1) is 12.5. The lowest BCUT2D eigenvalue weighted by molar-refractivity contribution is 0.164. The van der Waals surface area contributed by atoms with Gasteiger partial charge < -0.3 is 20.9 Å². The van der Waals surface area contributed by atoms with Crippen molar-refractivity contribution in [2.24, 2.45) is 0 Å². The first-order chi connectivity index (χ1) is 7.65. The predicted molar refractivity (Wildman–Crippen MR) is 62.4 cm³/mol. The average Bonchev–Trinajstić information content (AvgIpc) is 2.28. The van der Waals surface area contributed by atoms with Crippen molar-refractivity contribution in [3.63, 3.8) is 0 Å². The number of nitrogen functional groups attached to an aromatic ring is 1. The first-order valence-electron chi connectivity index (χ1n) is 5.26. The van der Waals surface area contributed by atoms with Crippen LogP contribution in [0.4, 0.5) is 11.8 Å². The van der Waals surface area contributed by atoms with Gasteiger partial charge in [-0.25, -0.2) is 0 Å². The van der Waals surface area contributed by atoms with Crippen LogP contribution in [0.1, 0.15) is 19.8 Å². The number of nitrogens with one attached hydrogen (secondary N) is 1. The topological polar surface area (TPSA) is 93.3 Å². The van der Waals surface area contributed by atoms with Crippen molar-refractivity contribution < 1.29 is 9.84 Å². The molecule has 1 unspecified atom stereocenters. The number of methoxy groups -OCH3 is 1. The summed E-state index contributed by atoms with van der Waals surface area (Å²) in [5, 5.41) is 12.4. The summed E-state index contributed by atoms with van der Waals surface area (Å²) in [6.07, 6.45) is 1.13. The highest BCUT2D eigenvalue weighted by molar-refractivity contribution is 5.42. The molecule has 1 atom stereocenters. The molecular weight excluding hydrogens is 208 g/mol. The molecule has 0 saturated heterocycles. The van der Waals surface area contributed by atoms with E-state index in [1.807, 2.05) is 6.92 Å². The third kappa shape index (κ3) is 3.90. The Kier molecular flexibility index (Phi) is 4.78. The minimum absolute atomic E-state index is 0.165. The Morgan fingerprint density at radius 2 is 2.31 bits per heavy atom. The van der Waals surface area contributed by atoms with E-state index >= 15 is 0 Å². The Morgan fingerprint density at radius 3 is 2.94 bits per heavy atom. The second-order valence-corrected chi connectivity index (χ2v) is 3.43. The molecule has 0 aliphatic heterocycles. The summed E-state index contributed by atoms with van der Waals surface area (Å²) in [6, 6.07) is 1.66. The van der Waals surface area contributed by atoms with Crippen molar-refractivity contribution in [1.29, 1.82) is 0 Å². The maximum atomic E-state index is 9.37. The van der Waals surface area contributed by atoms with E-state index < -0.39 is 0 Å². The molecule has 90 valence electrons. The third-order valence-corrected chi connectivity index (χ3v) is 2.18. The van der Waals surface area contributed by atoms with Gasteiger partial charge in [0.25, 0.3) is 0 Å². The van der Waals surface area contributed by atoms with Crippen LogP contribution in [0.5, 0.6) is 5.88 Å². The van der Waals surface area contributed by atoms with Crippen molar-refractivity contribution >= 4 is 11.8 Å². The second-order valence-electron chi connectivity index (χ2n) is 3.43. The van der Waals surface area contributed by atoms with Gasteiger partial charge in [-0.1, -0.05) is 6.92 Å². The van der Waals surface area contributed by atoms with Crippen LogP contribution in [0.15, 0.2) is 6.07 Å². The number of ether oxygens (including phenoxy) is 1. The summed E-state index contributed by atoms with van der Waals surface area (Å²) in [5.41, 5.74) is 5.50. The first-order valence-corrected chi connectivity index (χ1v) is 5.26. The predicted octanol–water partition coefficient (Wildman–Crippen LogP) is 0.640. The fourth-order valence-electron chi connectivity index (χ4n) is 1.21. The fraction of sp³-hybridized carbons (Fsp3) is 0.600. The molecular formula is C10H18N4O2. The van der Waals surface area contributed by atoms with E-state index in [1.165, 1.54) is 7.11 Å². The Morgan fingerprint density at radius 1 is 1.56 bits per heavy atom. The van der Waals surface area contributed by atoms with Gasteiger partial charge in [0, 0.05) is 12.6 Å². The molecule has 4 N–H and O–H groups in total. The van der Waals surface area contributed by atoms with Crippen molar-refractivity contribution in [3.05, 3.63) is 6.07 Å². The largest absolute Gasteiger partial charge is 0.481 e. The smallest absolute Gasteiger partial charge is 0.225 e. The second kappa shape index (κ2) is 6.12. The number of hydrogen-bond acceptors (Lipinski definition) is 6. The van der Waals surface area contributed by atoms with Gasteiger partial charge in [0.15, 0.2) is 0 Å². The summed E-state index contributed by atoms with van der Waals surface area (Å²) in [6.45, 7) is 2.57. The van der Waals surface area contributed by atoms with E-state index in [-0.39, 0.29) is 12.1 Å².